The minimum atomic E-state index is 0.665. The zero-order valence-electron chi connectivity index (χ0n) is 15.4. The molecule has 0 unspecified atom stereocenters. The highest BCUT2D eigenvalue weighted by Crippen LogP contribution is 2.32. The number of rotatable bonds is 7. The van der Waals surface area contributed by atoms with Crippen molar-refractivity contribution in [1.82, 2.24) is 9.78 Å². The van der Waals surface area contributed by atoms with E-state index in [1.54, 1.807) is 0 Å². The second-order valence-electron chi connectivity index (χ2n) is 7.06. The van der Waals surface area contributed by atoms with Crippen LogP contribution in [0.15, 0.2) is 59.6 Å². The summed E-state index contributed by atoms with van der Waals surface area (Å²) in [6, 6.07) is 16.3. The predicted molar refractivity (Wildman–Crippen MR) is 115 cm³/mol. The molecule has 1 aliphatic carbocycles. The average molecular weight is 377 g/mol. The first kappa shape index (κ1) is 17.9. The summed E-state index contributed by atoms with van der Waals surface area (Å²) in [5.41, 5.74) is 5.83. The molecule has 0 bridgehead atoms. The molecule has 0 saturated heterocycles. The maximum Gasteiger partial charge on any atom is 0.0741 e. The molecule has 0 spiro atoms. The van der Waals surface area contributed by atoms with Gasteiger partial charge in [0.05, 0.1) is 17.6 Å². The van der Waals surface area contributed by atoms with Crippen LogP contribution in [0.2, 0.25) is 0 Å². The fourth-order valence-corrected chi connectivity index (χ4v) is 3.35. The molecule has 1 heterocycles. The molecule has 1 aliphatic rings. The van der Waals surface area contributed by atoms with Gasteiger partial charge in [0, 0.05) is 34.0 Å². The molecule has 0 amide bonds. The molecule has 4 rings (SSSR count). The van der Waals surface area contributed by atoms with Crippen molar-refractivity contribution < 1.29 is 0 Å². The fourth-order valence-electron chi connectivity index (χ4n) is 3.20. The van der Waals surface area contributed by atoms with Gasteiger partial charge >= 0.3 is 0 Å². The van der Waals surface area contributed by atoms with Gasteiger partial charge in [-0.3, -0.25) is 0 Å². The molecule has 2 N–H and O–H groups in total. The van der Waals surface area contributed by atoms with Crippen LogP contribution >= 0.6 is 12.6 Å². The Kier molecular flexibility index (Phi) is 5.03. The zero-order valence-corrected chi connectivity index (χ0v) is 16.3. The Hall–Kier alpha value is -2.53. The molecule has 1 aromatic heterocycles. The molecule has 0 radical (unpaired) electrons. The van der Waals surface area contributed by atoms with E-state index in [1.807, 2.05) is 48.1 Å². The third kappa shape index (κ3) is 3.93. The number of aromatic nitrogens is 2. The first-order valence-corrected chi connectivity index (χ1v) is 9.90. The van der Waals surface area contributed by atoms with Gasteiger partial charge in [0.15, 0.2) is 0 Å². The second kappa shape index (κ2) is 7.61. The van der Waals surface area contributed by atoms with Crippen molar-refractivity contribution in [3.05, 3.63) is 60.3 Å². The van der Waals surface area contributed by atoms with E-state index in [1.165, 1.54) is 12.8 Å². The number of nitrogens with zero attached hydrogens (tertiary/aromatic N) is 2. The van der Waals surface area contributed by atoms with Gasteiger partial charge in [-0.1, -0.05) is 19.1 Å². The molecule has 0 aliphatic heterocycles. The van der Waals surface area contributed by atoms with E-state index < -0.39 is 0 Å². The van der Waals surface area contributed by atoms with Crippen molar-refractivity contribution in [3.63, 3.8) is 0 Å². The third-order valence-corrected chi connectivity index (χ3v) is 5.31. The van der Waals surface area contributed by atoms with Gasteiger partial charge in [0.1, 0.15) is 0 Å². The van der Waals surface area contributed by atoms with E-state index in [9.17, 15) is 0 Å². The van der Waals surface area contributed by atoms with Gasteiger partial charge in [0.25, 0.3) is 0 Å². The summed E-state index contributed by atoms with van der Waals surface area (Å²) >= 11 is 4.36. The first-order chi connectivity index (χ1) is 13.2. The van der Waals surface area contributed by atoms with Crippen LogP contribution in [-0.4, -0.2) is 22.0 Å². The monoisotopic (exact) mass is 376 g/mol. The van der Waals surface area contributed by atoms with Crippen LogP contribution in [0.25, 0.3) is 16.9 Å². The van der Waals surface area contributed by atoms with Crippen molar-refractivity contribution in [3.8, 4) is 16.9 Å². The molecule has 5 heteroatoms. The summed E-state index contributed by atoms with van der Waals surface area (Å²) in [5, 5.41) is 16.4. The number of hydrogen-bond acceptors (Lipinski definition) is 4. The maximum absolute atomic E-state index is 8.30. The Balaban J connectivity index is 1.71. The second-order valence-corrected chi connectivity index (χ2v) is 7.58. The molecule has 4 nitrogen and oxygen atoms in total. The van der Waals surface area contributed by atoms with E-state index >= 15 is 0 Å². The fraction of sp³-hybridized carbons (Fsp3) is 0.273. The molecular formula is C22H24N4S. The zero-order chi connectivity index (χ0) is 18.8. The lowest BCUT2D eigenvalue weighted by Crippen LogP contribution is -2.09. The van der Waals surface area contributed by atoms with Crippen LogP contribution in [0.1, 0.15) is 31.7 Å². The van der Waals surface area contributed by atoms with Crippen molar-refractivity contribution in [2.75, 3.05) is 11.9 Å². The van der Waals surface area contributed by atoms with E-state index in [-0.39, 0.29) is 0 Å². The molecule has 27 heavy (non-hydrogen) atoms. The summed E-state index contributed by atoms with van der Waals surface area (Å²) in [5.74, 6) is 0.780. The molecule has 0 atom stereocenters. The molecule has 3 aromatic rings. The molecular weight excluding hydrogens is 352 g/mol. The van der Waals surface area contributed by atoms with E-state index in [4.69, 9.17) is 5.41 Å². The summed E-state index contributed by atoms with van der Waals surface area (Å²) in [6.45, 7) is 3.01. The van der Waals surface area contributed by atoms with E-state index in [2.05, 4.69) is 41.2 Å². The highest BCUT2D eigenvalue weighted by molar-refractivity contribution is 7.80. The van der Waals surface area contributed by atoms with Gasteiger partial charge < -0.3 is 10.7 Å². The lowest BCUT2D eigenvalue weighted by molar-refractivity contribution is 0.884. The highest BCUT2D eigenvalue weighted by atomic mass is 32.1. The average Bonchev–Trinajstić information content (AvgIpc) is 3.40. The number of nitrogens with one attached hydrogen (secondary N) is 2. The lowest BCUT2D eigenvalue weighted by atomic mass is 10.0. The predicted octanol–water partition coefficient (Wildman–Crippen LogP) is 5.43. The van der Waals surface area contributed by atoms with E-state index in [0.29, 0.717) is 5.71 Å². The Morgan fingerprint density at radius 1 is 1.19 bits per heavy atom. The summed E-state index contributed by atoms with van der Waals surface area (Å²) in [7, 11) is 0. The molecule has 138 valence electrons. The van der Waals surface area contributed by atoms with Crippen molar-refractivity contribution in [2.24, 2.45) is 5.92 Å². The Bertz CT molecular complexity index is 955. The molecule has 2 aromatic carbocycles. The first-order valence-electron chi connectivity index (χ1n) is 9.45. The summed E-state index contributed by atoms with van der Waals surface area (Å²) in [6.07, 6.45) is 5.16. The highest BCUT2D eigenvalue weighted by Gasteiger charge is 2.21. The van der Waals surface area contributed by atoms with Crippen LogP contribution in [0.5, 0.6) is 0 Å². The number of thiol groups is 1. The van der Waals surface area contributed by atoms with Gasteiger partial charge in [0.2, 0.25) is 0 Å². The van der Waals surface area contributed by atoms with Gasteiger partial charge in [-0.05, 0) is 61.6 Å². The lowest BCUT2D eigenvalue weighted by Gasteiger charge is -2.15. The van der Waals surface area contributed by atoms with Crippen LogP contribution < -0.4 is 5.32 Å². The van der Waals surface area contributed by atoms with Gasteiger partial charge in [-0.25, -0.2) is 4.68 Å². The van der Waals surface area contributed by atoms with Crippen molar-refractivity contribution >= 4 is 24.0 Å². The minimum absolute atomic E-state index is 0.665. The van der Waals surface area contributed by atoms with Crippen molar-refractivity contribution in [1.29, 1.82) is 5.41 Å². The number of benzene rings is 2. The Morgan fingerprint density at radius 3 is 2.67 bits per heavy atom. The number of hydrogen-bond donors (Lipinski definition) is 3. The summed E-state index contributed by atoms with van der Waals surface area (Å²) in [4.78, 5) is 0.932. The van der Waals surface area contributed by atoms with Crippen LogP contribution in [-0.2, 0) is 0 Å². The van der Waals surface area contributed by atoms with Crippen LogP contribution in [0, 0.1) is 11.3 Å². The maximum atomic E-state index is 8.30. The van der Waals surface area contributed by atoms with Gasteiger partial charge in [-0.15, -0.1) is 12.6 Å². The van der Waals surface area contributed by atoms with Crippen molar-refractivity contribution in [2.45, 2.75) is 31.1 Å². The summed E-state index contributed by atoms with van der Waals surface area (Å²) < 4.78 is 1.94. The third-order valence-electron chi connectivity index (χ3n) is 5.01. The quantitative estimate of drug-likeness (QED) is 0.380. The Labute approximate surface area is 165 Å². The number of anilines is 1. The smallest absolute Gasteiger partial charge is 0.0741 e. The SMILES string of the molecule is CCC(=N)c1ccc(-c2ccnn2-c2ccc(S)cc2)cc1NCC1CC1. The van der Waals surface area contributed by atoms with Gasteiger partial charge in [-0.2, -0.15) is 5.10 Å². The van der Waals surface area contributed by atoms with Crippen LogP contribution in [0.4, 0.5) is 5.69 Å². The molecule has 1 saturated carbocycles. The standard InChI is InChI=1S/C22H24N4S/c1-2-20(23)19-10-5-16(13-21(19)24-14-15-3-4-15)22-11-12-25-26(22)17-6-8-18(27)9-7-17/h5-13,15,23-24,27H,2-4,14H2,1H3. The topological polar surface area (TPSA) is 53.7 Å². The molecule has 1 fully saturated rings. The normalized spacial score (nSPS) is 13.6. The largest absolute Gasteiger partial charge is 0.384 e. The van der Waals surface area contributed by atoms with Crippen LogP contribution in [0.3, 0.4) is 0 Å². The minimum Gasteiger partial charge on any atom is -0.384 e. The Morgan fingerprint density at radius 2 is 1.96 bits per heavy atom. The van der Waals surface area contributed by atoms with E-state index in [0.717, 1.165) is 52.0 Å².